The number of hydrogen-bond donors (Lipinski definition) is 0. The van der Waals surface area contributed by atoms with Crippen LogP contribution in [0.3, 0.4) is 0 Å². The van der Waals surface area contributed by atoms with Gasteiger partial charge in [-0.25, -0.2) is 0 Å². The molecule has 0 saturated heterocycles. The van der Waals surface area contributed by atoms with Gasteiger partial charge < -0.3 is 17.7 Å². The fourth-order valence-electron chi connectivity index (χ4n) is 2.63. The molecule has 0 unspecified atom stereocenters. The van der Waals surface area contributed by atoms with Gasteiger partial charge in [0, 0.05) is 0 Å². The van der Waals surface area contributed by atoms with Crippen molar-refractivity contribution in [1.82, 2.24) is 0 Å². The summed E-state index contributed by atoms with van der Waals surface area (Å²) in [5.41, 5.74) is 5.63. The van der Waals surface area contributed by atoms with E-state index in [1.165, 1.54) is 0 Å². The SMILES string of the molecule is C1=c2/cc/c(o2)=c2\cc/c(o2)=C/C=c2/cc/c(o2)=c2\cc/c(o2)=C/1. The minimum atomic E-state index is 0.682. The Balaban J connectivity index is 1.96. The Morgan fingerprint density at radius 2 is 0.583 bits per heavy atom. The molecule has 1 aliphatic rings. The maximum atomic E-state index is 5.79. The van der Waals surface area contributed by atoms with Gasteiger partial charge in [-0.3, -0.25) is 0 Å². The normalized spacial score (nSPS) is 21.3. The van der Waals surface area contributed by atoms with Gasteiger partial charge in [-0.1, -0.05) is 0 Å². The standard InChI is InChI=1S/C20H12O4/c1-2-14-6-10-19(22-14)20-12-8-16(24-20)4-3-15-7-11-18(23-15)17-9-5-13(1)21-17/h1-12H/b2-1?,4-3?,13-1-,14-2-,15-3-,16-4-,18-17-,20-19-. The average molecular weight is 316 g/mol. The van der Waals surface area contributed by atoms with Gasteiger partial charge in [0.1, 0.15) is 21.7 Å². The van der Waals surface area contributed by atoms with Crippen molar-refractivity contribution >= 4 is 24.3 Å². The molecular weight excluding hydrogens is 304 g/mol. The molecule has 4 aromatic rings. The fourth-order valence-corrected chi connectivity index (χ4v) is 2.63. The molecule has 24 heavy (non-hydrogen) atoms. The molecule has 0 aliphatic carbocycles. The molecule has 8 bridgehead atoms. The van der Waals surface area contributed by atoms with E-state index in [-0.39, 0.29) is 0 Å². The van der Waals surface area contributed by atoms with Crippen molar-refractivity contribution < 1.29 is 17.7 Å². The van der Waals surface area contributed by atoms with Crippen LogP contribution in [0.2, 0.25) is 0 Å². The number of fused-ring (bicyclic) bond motifs is 8. The smallest absolute Gasteiger partial charge is 0.170 e. The first-order chi connectivity index (χ1) is 11.8. The molecule has 0 spiro atoms. The van der Waals surface area contributed by atoms with Crippen LogP contribution in [0.15, 0.2) is 66.2 Å². The summed E-state index contributed by atoms with van der Waals surface area (Å²) in [7, 11) is 0. The van der Waals surface area contributed by atoms with Crippen LogP contribution in [0.5, 0.6) is 0 Å². The highest BCUT2D eigenvalue weighted by Gasteiger charge is 1.95. The topological polar surface area (TPSA) is 52.6 Å². The van der Waals surface area contributed by atoms with Crippen LogP contribution in [0.1, 0.15) is 0 Å². The van der Waals surface area contributed by atoms with Crippen LogP contribution in [0, 0.1) is 21.7 Å². The molecule has 0 radical (unpaired) electrons. The lowest BCUT2D eigenvalue weighted by Crippen LogP contribution is -1.96. The van der Waals surface area contributed by atoms with Crippen molar-refractivity contribution in [2.75, 3.05) is 0 Å². The van der Waals surface area contributed by atoms with E-state index in [1.54, 1.807) is 0 Å². The van der Waals surface area contributed by atoms with E-state index in [1.807, 2.05) is 72.8 Å². The molecule has 0 N–H and O–H groups in total. The molecule has 4 nitrogen and oxygen atoms in total. The van der Waals surface area contributed by atoms with Crippen molar-refractivity contribution in [2.45, 2.75) is 0 Å². The summed E-state index contributed by atoms with van der Waals surface area (Å²) in [4.78, 5) is 0. The Labute approximate surface area is 134 Å². The zero-order valence-corrected chi connectivity index (χ0v) is 12.6. The second-order valence-electron chi connectivity index (χ2n) is 5.47. The van der Waals surface area contributed by atoms with Gasteiger partial charge in [0.15, 0.2) is 21.7 Å². The maximum Gasteiger partial charge on any atom is 0.170 e. The lowest BCUT2D eigenvalue weighted by Gasteiger charge is -1.79. The Bertz CT molecular complexity index is 1230. The summed E-state index contributed by atoms with van der Waals surface area (Å²) in [5, 5.41) is 0. The Hall–Kier alpha value is -3.40. The quantitative estimate of drug-likeness (QED) is 0.493. The minimum Gasteiger partial charge on any atom is -0.453 e. The third kappa shape index (κ3) is 2.25. The summed E-state index contributed by atoms with van der Waals surface area (Å²) in [6, 6.07) is 15.1. The molecule has 0 aromatic carbocycles. The van der Waals surface area contributed by atoms with E-state index in [2.05, 4.69) is 0 Å². The highest BCUT2D eigenvalue weighted by Crippen LogP contribution is 1.96. The van der Waals surface area contributed by atoms with Gasteiger partial charge >= 0.3 is 0 Å². The first kappa shape index (κ1) is 13.1. The summed E-state index contributed by atoms with van der Waals surface area (Å²) in [6.07, 6.45) is 7.43. The molecule has 1 aliphatic heterocycles. The molecule has 0 fully saturated rings. The molecule has 116 valence electrons. The predicted octanol–water partition coefficient (Wildman–Crippen LogP) is 1.47. The monoisotopic (exact) mass is 316 g/mol. The number of hydrogen-bond acceptors (Lipinski definition) is 4. The van der Waals surface area contributed by atoms with Crippen molar-refractivity contribution in [3.05, 3.63) is 91.9 Å². The lowest BCUT2D eigenvalue weighted by atomic mass is 10.4. The van der Waals surface area contributed by atoms with Gasteiger partial charge in [-0.05, 0) is 72.8 Å². The highest BCUT2D eigenvalue weighted by atomic mass is 16.4. The first-order valence-corrected chi connectivity index (χ1v) is 7.60. The maximum absolute atomic E-state index is 5.79. The van der Waals surface area contributed by atoms with Gasteiger partial charge in [-0.2, -0.15) is 0 Å². The van der Waals surface area contributed by atoms with Crippen LogP contribution in [0.25, 0.3) is 24.3 Å². The average Bonchev–Trinajstić information content (AvgIpc) is 3.37. The van der Waals surface area contributed by atoms with E-state index >= 15 is 0 Å². The van der Waals surface area contributed by atoms with Gasteiger partial charge in [0.05, 0.1) is 0 Å². The largest absolute Gasteiger partial charge is 0.453 e. The van der Waals surface area contributed by atoms with Crippen LogP contribution in [-0.2, 0) is 0 Å². The molecule has 5 heterocycles. The molecule has 0 atom stereocenters. The van der Waals surface area contributed by atoms with E-state index in [4.69, 9.17) is 17.7 Å². The van der Waals surface area contributed by atoms with Gasteiger partial charge in [-0.15, -0.1) is 0 Å². The van der Waals surface area contributed by atoms with Crippen LogP contribution < -0.4 is 21.7 Å². The molecule has 4 heteroatoms. The van der Waals surface area contributed by atoms with Crippen LogP contribution in [0.4, 0.5) is 0 Å². The zero-order valence-electron chi connectivity index (χ0n) is 12.6. The Morgan fingerprint density at radius 3 is 0.833 bits per heavy atom. The van der Waals surface area contributed by atoms with Gasteiger partial charge in [0.2, 0.25) is 0 Å². The molecule has 0 amide bonds. The van der Waals surface area contributed by atoms with Gasteiger partial charge in [0.25, 0.3) is 0 Å². The van der Waals surface area contributed by atoms with E-state index in [0.29, 0.717) is 21.7 Å². The zero-order chi connectivity index (χ0) is 15.9. The summed E-state index contributed by atoms with van der Waals surface area (Å²) >= 11 is 0. The first-order valence-electron chi connectivity index (χ1n) is 7.60. The predicted molar refractivity (Wildman–Crippen MR) is 86.5 cm³/mol. The van der Waals surface area contributed by atoms with E-state index < -0.39 is 0 Å². The van der Waals surface area contributed by atoms with Crippen LogP contribution in [-0.4, -0.2) is 0 Å². The van der Waals surface area contributed by atoms with Crippen molar-refractivity contribution in [3.8, 4) is 0 Å². The molecule has 0 saturated carbocycles. The Morgan fingerprint density at radius 1 is 0.333 bits per heavy atom. The third-order valence-electron chi connectivity index (χ3n) is 3.82. The summed E-state index contributed by atoms with van der Waals surface area (Å²) in [5.74, 6) is 0. The highest BCUT2D eigenvalue weighted by molar-refractivity contribution is 5.58. The van der Waals surface area contributed by atoms with E-state index in [0.717, 1.165) is 21.7 Å². The number of furan rings is 4. The van der Waals surface area contributed by atoms with Crippen molar-refractivity contribution in [2.24, 2.45) is 0 Å². The summed E-state index contributed by atoms with van der Waals surface area (Å²) < 4.78 is 23.2. The molecular formula is C20H12O4. The molecule has 5 rings (SSSR count). The second kappa shape index (κ2) is 5.06. The summed E-state index contributed by atoms with van der Waals surface area (Å²) in [6.45, 7) is 0. The second-order valence-corrected chi connectivity index (χ2v) is 5.47. The molecule has 4 aromatic heterocycles. The lowest BCUT2D eigenvalue weighted by molar-refractivity contribution is 0.446. The number of rotatable bonds is 0. The van der Waals surface area contributed by atoms with Crippen molar-refractivity contribution in [1.29, 1.82) is 0 Å². The van der Waals surface area contributed by atoms with E-state index in [9.17, 15) is 0 Å². The van der Waals surface area contributed by atoms with Crippen molar-refractivity contribution in [3.63, 3.8) is 0 Å². The minimum absolute atomic E-state index is 0.682. The van der Waals surface area contributed by atoms with Crippen LogP contribution >= 0.6 is 0 Å². The fraction of sp³-hybridized carbons (Fsp3) is 0. The third-order valence-corrected chi connectivity index (χ3v) is 3.82. The Kier molecular flexibility index (Phi) is 2.76.